The summed E-state index contributed by atoms with van der Waals surface area (Å²) in [6.07, 6.45) is 5.47. The van der Waals surface area contributed by atoms with Gasteiger partial charge in [0.2, 0.25) is 0 Å². The number of piperidine rings is 1. The molecule has 1 aliphatic rings. The first-order valence-electron chi connectivity index (χ1n) is 8.19. The lowest BCUT2D eigenvalue weighted by atomic mass is 9.92. The largest absolute Gasteiger partial charge is 0.311 e. The summed E-state index contributed by atoms with van der Waals surface area (Å²) < 4.78 is 0. The molecule has 2 heterocycles. The Morgan fingerprint density at radius 3 is 2.65 bits per heavy atom. The molecular formula is C17H29N3. The number of hydrogen-bond donors (Lipinski definition) is 1. The molecule has 1 aromatic heterocycles. The van der Waals surface area contributed by atoms with Crippen molar-refractivity contribution in [2.45, 2.75) is 52.6 Å². The Morgan fingerprint density at radius 2 is 1.95 bits per heavy atom. The molecule has 0 aliphatic carbocycles. The molecule has 0 amide bonds. The molecule has 1 N–H and O–H groups in total. The highest BCUT2D eigenvalue weighted by atomic mass is 15.1. The highest BCUT2D eigenvalue weighted by molar-refractivity contribution is 5.11. The van der Waals surface area contributed by atoms with Crippen LogP contribution >= 0.6 is 0 Å². The van der Waals surface area contributed by atoms with Gasteiger partial charge < -0.3 is 5.32 Å². The third-order valence-corrected chi connectivity index (χ3v) is 4.21. The highest BCUT2D eigenvalue weighted by Gasteiger charge is 2.18. The zero-order valence-electron chi connectivity index (χ0n) is 13.1. The van der Waals surface area contributed by atoms with Crippen molar-refractivity contribution in [3.8, 4) is 0 Å². The van der Waals surface area contributed by atoms with E-state index in [4.69, 9.17) is 4.98 Å². The highest BCUT2D eigenvalue weighted by Crippen LogP contribution is 2.22. The smallest absolute Gasteiger partial charge is 0.0547 e. The van der Waals surface area contributed by atoms with Gasteiger partial charge >= 0.3 is 0 Å². The molecule has 3 heteroatoms. The number of pyridine rings is 1. The van der Waals surface area contributed by atoms with Crippen molar-refractivity contribution >= 4 is 0 Å². The second-order valence-corrected chi connectivity index (χ2v) is 5.91. The maximum absolute atomic E-state index is 4.76. The molecule has 1 fully saturated rings. The van der Waals surface area contributed by atoms with Gasteiger partial charge in [-0.3, -0.25) is 9.88 Å². The maximum atomic E-state index is 4.76. The first-order chi connectivity index (χ1) is 9.81. The van der Waals surface area contributed by atoms with E-state index in [9.17, 15) is 0 Å². The van der Waals surface area contributed by atoms with E-state index >= 15 is 0 Å². The first kappa shape index (κ1) is 15.5. The Labute approximate surface area is 123 Å². The molecule has 3 nitrogen and oxygen atoms in total. The van der Waals surface area contributed by atoms with E-state index in [1.165, 1.54) is 44.5 Å². The van der Waals surface area contributed by atoms with E-state index < -0.39 is 0 Å². The maximum Gasteiger partial charge on any atom is 0.0547 e. The fourth-order valence-corrected chi connectivity index (χ4v) is 3.04. The van der Waals surface area contributed by atoms with Gasteiger partial charge in [0.15, 0.2) is 0 Å². The minimum atomic E-state index is 0.878. The number of rotatable bonds is 7. The van der Waals surface area contributed by atoms with Crippen molar-refractivity contribution in [3.05, 3.63) is 29.6 Å². The zero-order chi connectivity index (χ0) is 14.2. The molecule has 2 rings (SSSR count). The summed E-state index contributed by atoms with van der Waals surface area (Å²) >= 11 is 0. The molecule has 0 unspecified atom stereocenters. The Hall–Kier alpha value is -0.930. The van der Waals surface area contributed by atoms with Crippen molar-refractivity contribution in [1.82, 2.24) is 15.2 Å². The molecule has 1 aliphatic heterocycles. The van der Waals surface area contributed by atoms with Crippen LogP contribution in [-0.4, -0.2) is 29.5 Å². The summed E-state index contributed by atoms with van der Waals surface area (Å²) in [6, 6.07) is 6.41. The topological polar surface area (TPSA) is 28.2 Å². The summed E-state index contributed by atoms with van der Waals surface area (Å²) in [6.45, 7) is 9.79. The lowest BCUT2D eigenvalue weighted by Crippen LogP contribution is -2.33. The number of nitrogens with one attached hydrogen (secondary N) is 1. The van der Waals surface area contributed by atoms with E-state index in [0.29, 0.717) is 0 Å². The normalized spacial score (nSPS) is 17.5. The van der Waals surface area contributed by atoms with Gasteiger partial charge in [-0.05, 0) is 50.5 Å². The lowest BCUT2D eigenvalue weighted by molar-refractivity contribution is 0.170. The number of nitrogens with zero attached hydrogens (tertiary/aromatic N) is 2. The van der Waals surface area contributed by atoms with Crippen molar-refractivity contribution in [3.63, 3.8) is 0 Å². The van der Waals surface area contributed by atoms with Crippen LogP contribution in [0.3, 0.4) is 0 Å². The van der Waals surface area contributed by atoms with E-state index in [-0.39, 0.29) is 0 Å². The molecule has 112 valence electrons. The van der Waals surface area contributed by atoms with Crippen molar-refractivity contribution in [2.24, 2.45) is 5.92 Å². The monoisotopic (exact) mass is 275 g/mol. The molecule has 1 aromatic rings. The molecule has 0 spiro atoms. The minimum absolute atomic E-state index is 0.878. The summed E-state index contributed by atoms with van der Waals surface area (Å²) in [4.78, 5) is 7.32. The van der Waals surface area contributed by atoms with E-state index in [0.717, 1.165) is 31.2 Å². The number of likely N-dealkylation sites (tertiary alicyclic amines) is 1. The van der Waals surface area contributed by atoms with Crippen LogP contribution in [0.25, 0.3) is 0 Å². The first-order valence-corrected chi connectivity index (χ1v) is 8.19. The van der Waals surface area contributed by atoms with Crippen LogP contribution in [0.1, 0.15) is 50.9 Å². The van der Waals surface area contributed by atoms with Gasteiger partial charge in [0.25, 0.3) is 0 Å². The second-order valence-electron chi connectivity index (χ2n) is 5.91. The number of aromatic nitrogens is 1. The van der Waals surface area contributed by atoms with Crippen LogP contribution in [0.15, 0.2) is 18.2 Å². The summed E-state index contributed by atoms with van der Waals surface area (Å²) in [5, 5.41) is 3.34. The quantitative estimate of drug-likeness (QED) is 0.828. The van der Waals surface area contributed by atoms with Gasteiger partial charge in [-0.25, -0.2) is 0 Å². The van der Waals surface area contributed by atoms with Crippen LogP contribution in [-0.2, 0) is 13.1 Å². The summed E-state index contributed by atoms with van der Waals surface area (Å²) in [5.41, 5.74) is 2.37. The number of hydrogen-bond acceptors (Lipinski definition) is 3. The lowest BCUT2D eigenvalue weighted by Gasteiger charge is -2.31. The van der Waals surface area contributed by atoms with Gasteiger partial charge in [0.05, 0.1) is 11.4 Å². The third kappa shape index (κ3) is 4.88. The van der Waals surface area contributed by atoms with Crippen molar-refractivity contribution in [1.29, 1.82) is 0 Å². The van der Waals surface area contributed by atoms with Crippen LogP contribution in [0, 0.1) is 5.92 Å². The SMILES string of the molecule is CCCC1CCN(Cc2cccc(CNCC)n2)CC1. The molecule has 0 aromatic carbocycles. The van der Waals surface area contributed by atoms with Crippen molar-refractivity contribution in [2.75, 3.05) is 19.6 Å². The summed E-state index contributed by atoms with van der Waals surface area (Å²) in [7, 11) is 0. The van der Waals surface area contributed by atoms with Gasteiger partial charge in [0, 0.05) is 13.1 Å². The zero-order valence-corrected chi connectivity index (χ0v) is 13.1. The minimum Gasteiger partial charge on any atom is -0.311 e. The average Bonchev–Trinajstić information content (AvgIpc) is 2.48. The molecular weight excluding hydrogens is 246 g/mol. The average molecular weight is 275 g/mol. The fourth-order valence-electron chi connectivity index (χ4n) is 3.04. The third-order valence-electron chi connectivity index (χ3n) is 4.21. The molecule has 1 saturated heterocycles. The van der Waals surface area contributed by atoms with Crippen LogP contribution in [0.5, 0.6) is 0 Å². The van der Waals surface area contributed by atoms with Crippen molar-refractivity contribution < 1.29 is 0 Å². The Balaban J connectivity index is 1.81. The van der Waals surface area contributed by atoms with Gasteiger partial charge in [-0.1, -0.05) is 32.8 Å². The van der Waals surface area contributed by atoms with Gasteiger partial charge in [-0.2, -0.15) is 0 Å². The molecule has 0 bridgehead atoms. The molecule has 0 radical (unpaired) electrons. The van der Waals surface area contributed by atoms with E-state index in [2.05, 4.69) is 42.3 Å². The van der Waals surface area contributed by atoms with Crippen LogP contribution < -0.4 is 5.32 Å². The fraction of sp³-hybridized carbons (Fsp3) is 0.706. The van der Waals surface area contributed by atoms with Crippen LogP contribution in [0.4, 0.5) is 0 Å². The summed E-state index contributed by atoms with van der Waals surface area (Å²) in [5.74, 6) is 0.962. The Morgan fingerprint density at radius 1 is 1.20 bits per heavy atom. The predicted molar refractivity (Wildman–Crippen MR) is 84.5 cm³/mol. The van der Waals surface area contributed by atoms with E-state index in [1.54, 1.807) is 0 Å². The molecule has 0 atom stereocenters. The van der Waals surface area contributed by atoms with Gasteiger partial charge in [-0.15, -0.1) is 0 Å². The standard InChI is InChI=1S/C17H29N3/c1-3-6-15-9-11-20(12-10-15)14-17-8-5-7-16(19-17)13-18-4-2/h5,7-8,15,18H,3-4,6,9-14H2,1-2H3. The predicted octanol–water partition coefficient (Wildman–Crippen LogP) is 3.20. The Bertz CT molecular complexity index is 384. The second kappa shape index (κ2) is 8.38. The van der Waals surface area contributed by atoms with Gasteiger partial charge in [0.1, 0.15) is 0 Å². The molecule has 20 heavy (non-hydrogen) atoms. The van der Waals surface area contributed by atoms with E-state index in [1.807, 2.05) is 0 Å². The van der Waals surface area contributed by atoms with Crippen LogP contribution in [0.2, 0.25) is 0 Å². The Kier molecular flexibility index (Phi) is 6.48. The molecule has 0 saturated carbocycles.